The van der Waals surface area contributed by atoms with Crippen molar-refractivity contribution in [2.24, 2.45) is 0 Å². The second-order valence-corrected chi connectivity index (χ2v) is 15.2. The topological polar surface area (TPSA) is 86.4 Å². The van der Waals surface area contributed by atoms with Crippen LogP contribution in [0, 0.1) is 11.3 Å². The Hall–Kier alpha value is -3.41. The minimum absolute atomic E-state index is 0.337. The number of nitriles is 1. The number of benzene rings is 2. The summed E-state index contributed by atoms with van der Waals surface area (Å²) < 4.78 is 18.4. The summed E-state index contributed by atoms with van der Waals surface area (Å²) in [5, 5.41) is 14.1. The van der Waals surface area contributed by atoms with Crippen molar-refractivity contribution in [2.45, 2.75) is 38.8 Å². The Bertz CT molecular complexity index is 1270. The van der Waals surface area contributed by atoms with Crippen molar-refractivity contribution in [3.8, 4) is 34.3 Å². The van der Waals surface area contributed by atoms with Crippen molar-refractivity contribution in [3.05, 3.63) is 58.7 Å². The van der Waals surface area contributed by atoms with E-state index in [1.165, 1.54) is 7.11 Å². The van der Waals surface area contributed by atoms with Crippen LogP contribution in [0.25, 0.3) is 22.5 Å². The van der Waals surface area contributed by atoms with Gasteiger partial charge in [0.25, 0.3) is 0 Å². The van der Waals surface area contributed by atoms with Crippen LogP contribution < -0.4 is 4.74 Å². The van der Waals surface area contributed by atoms with E-state index in [9.17, 15) is 4.79 Å². The third-order valence-corrected chi connectivity index (χ3v) is 7.71. The average molecular weight is 476 g/mol. The zero-order valence-electron chi connectivity index (χ0n) is 20.3. The van der Waals surface area contributed by atoms with Crippen molar-refractivity contribution >= 4 is 14.0 Å². The first-order chi connectivity index (χ1) is 16.3. The van der Waals surface area contributed by atoms with Crippen molar-refractivity contribution in [1.82, 2.24) is 9.78 Å². The summed E-state index contributed by atoms with van der Waals surface area (Å²) in [4.78, 5) is 12.3. The standard InChI is InChI=1S/C26H29N3O4Si/c1-31-23-14-20-19(12-21(23)26(30)32-2)13-22-24(18-8-6-17(15-27)7-9-18)28-29(25(20)22)16-33-10-11-34(3,4)5/h6-9,12,14H,10-11,13,16H2,1-5H3. The van der Waals surface area contributed by atoms with Gasteiger partial charge in [-0.3, -0.25) is 0 Å². The predicted molar refractivity (Wildman–Crippen MR) is 133 cm³/mol. The normalized spacial score (nSPS) is 12.1. The van der Waals surface area contributed by atoms with Gasteiger partial charge in [-0.2, -0.15) is 10.4 Å². The van der Waals surface area contributed by atoms with Gasteiger partial charge in [-0.25, -0.2) is 9.48 Å². The lowest BCUT2D eigenvalue weighted by Gasteiger charge is -2.16. The lowest BCUT2D eigenvalue weighted by atomic mass is 10.0. The minimum atomic E-state index is -1.20. The monoisotopic (exact) mass is 475 g/mol. The third kappa shape index (κ3) is 4.62. The molecule has 0 spiro atoms. The summed E-state index contributed by atoms with van der Waals surface area (Å²) in [6.45, 7) is 8.00. The molecule has 2 aromatic carbocycles. The van der Waals surface area contributed by atoms with E-state index in [1.54, 1.807) is 19.2 Å². The molecular weight excluding hydrogens is 446 g/mol. The largest absolute Gasteiger partial charge is 0.496 e. The van der Waals surface area contributed by atoms with E-state index in [0.717, 1.165) is 39.7 Å². The van der Waals surface area contributed by atoms with Crippen LogP contribution in [0.15, 0.2) is 36.4 Å². The number of methoxy groups -OCH3 is 2. The summed E-state index contributed by atoms with van der Waals surface area (Å²) in [6, 6.07) is 14.4. The van der Waals surface area contributed by atoms with Crippen LogP contribution >= 0.6 is 0 Å². The molecule has 1 aliphatic rings. The molecule has 0 amide bonds. The summed E-state index contributed by atoms with van der Waals surface area (Å²) in [6.07, 6.45) is 0.628. The molecule has 0 N–H and O–H groups in total. The highest BCUT2D eigenvalue weighted by Gasteiger charge is 2.31. The lowest BCUT2D eigenvalue weighted by Crippen LogP contribution is -2.22. The molecule has 0 bridgehead atoms. The van der Waals surface area contributed by atoms with Gasteiger partial charge in [0.1, 0.15) is 18.0 Å². The maximum atomic E-state index is 12.3. The predicted octanol–water partition coefficient (Wildman–Crippen LogP) is 5.10. The molecule has 176 valence electrons. The number of carbonyl (C=O) groups excluding carboxylic acids is 1. The van der Waals surface area contributed by atoms with Gasteiger partial charge in [0.2, 0.25) is 0 Å². The van der Waals surface area contributed by atoms with Crippen LogP contribution in [0.3, 0.4) is 0 Å². The molecule has 0 fully saturated rings. The number of rotatable bonds is 8. The molecule has 8 heteroatoms. The van der Waals surface area contributed by atoms with E-state index in [-0.39, 0.29) is 0 Å². The van der Waals surface area contributed by atoms with E-state index >= 15 is 0 Å². The molecule has 0 atom stereocenters. The number of aromatic nitrogens is 2. The molecule has 0 saturated heterocycles. The fourth-order valence-electron chi connectivity index (χ4n) is 4.15. The van der Waals surface area contributed by atoms with Crippen LogP contribution in [-0.2, 0) is 22.6 Å². The average Bonchev–Trinajstić information content (AvgIpc) is 3.36. The van der Waals surface area contributed by atoms with E-state index in [4.69, 9.17) is 24.6 Å². The molecule has 0 saturated carbocycles. The SMILES string of the molecule is COC(=O)c1cc2c(cc1OC)-c1c(c(-c3ccc(C#N)cc3)nn1COCC[Si](C)(C)C)C2. The van der Waals surface area contributed by atoms with E-state index < -0.39 is 14.0 Å². The van der Waals surface area contributed by atoms with Crippen LogP contribution in [0.5, 0.6) is 5.75 Å². The molecule has 4 rings (SSSR count). The molecule has 0 aliphatic heterocycles. The molecule has 34 heavy (non-hydrogen) atoms. The lowest BCUT2D eigenvalue weighted by molar-refractivity contribution is 0.0597. The van der Waals surface area contributed by atoms with Crippen LogP contribution in [-0.4, -0.2) is 44.7 Å². The Morgan fingerprint density at radius 1 is 1.18 bits per heavy atom. The van der Waals surface area contributed by atoms with Gasteiger partial charge in [0, 0.05) is 37.8 Å². The Kier molecular flexibility index (Phi) is 6.60. The van der Waals surface area contributed by atoms with Gasteiger partial charge in [-0.1, -0.05) is 31.8 Å². The number of esters is 1. The minimum Gasteiger partial charge on any atom is -0.496 e. The molecule has 3 aromatic rings. The molecule has 1 aromatic heterocycles. The Labute approximate surface area is 200 Å². The zero-order valence-corrected chi connectivity index (χ0v) is 21.3. The van der Waals surface area contributed by atoms with Crippen molar-refractivity contribution in [2.75, 3.05) is 20.8 Å². The van der Waals surface area contributed by atoms with Crippen molar-refractivity contribution in [1.29, 1.82) is 5.26 Å². The number of ether oxygens (including phenoxy) is 3. The van der Waals surface area contributed by atoms with Crippen molar-refractivity contribution < 1.29 is 19.0 Å². The molecule has 1 aliphatic carbocycles. The van der Waals surface area contributed by atoms with E-state index in [2.05, 4.69) is 25.7 Å². The number of hydrogen-bond donors (Lipinski definition) is 0. The highest BCUT2D eigenvalue weighted by molar-refractivity contribution is 6.76. The van der Waals surface area contributed by atoms with Crippen LogP contribution in [0.4, 0.5) is 0 Å². The molecule has 0 radical (unpaired) electrons. The van der Waals surface area contributed by atoms with Gasteiger partial charge >= 0.3 is 5.97 Å². The zero-order chi connectivity index (χ0) is 24.5. The first-order valence-electron chi connectivity index (χ1n) is 11.2. The second-order valence-electron chi connectivity index (χ2n) is 9.59. The number of hydrogen-bond acceptors (Lipinski definition) is 6. The summed E-state index contributed by atoms with van der Waals surface area (Å²) >= 11 is 0. The van der Waals surface area contributed by atoms with E-state index in [0.29, 0.717) is 36.6 Å². The summed E-state index contributed by atoms with van der Waals surface area (Å²) in [5.74, 6) is 0.0324. The van der Waals surface area contributed by atoms with Gasteiger partial charge in [-0.05, 0) is 35.9 Å². The summed E-state index contributed by atoms with van der Waals surface area (Å²) in [5.41, 5.74) is 6.81. The highest BCUT2D eigenvalue weighted by atomic mass is 28.3. The fourth-order valence-corrected chi connectivity index (χ4v) is 4.90. The van der Waals surface area contributed by atoms with Gasteiger partial charge in [-0.15, -0.1) is 0 Å². The van der Waals surface area contributed by atoms with Gasteiger partial charge in [0.05, 0.1) is 37.2 Å². The maximum Gasteiger partial charge on any atom is 0.341 e. The molecule has 1 heterocycles. The van der Waals surface area contributed by atoms with Crippen LogP contribution in [0.1, 0.15) is 27.0 Å². The molecule has 0 unspecified atom stereocenters. The van der Waals surface area contributed by atoms with Gasteiger partial charge in [0.15, 0.2) is 0 Å². The van der Waals surface area contributed by atoms with E-state index in [1.807, 2.05) is 28.9 Å². The Morgan fingerprint density at radius 3 is 2.53 bits per heavy atom. The smallest absolute Gasteiger partial charge is 0.341 e. The highest BCUT2D eigenvalue weighted by Crippen LogP contribution is 2.44. The maximum absolute atomic E-state index is 12.3. The molecule has 7 nitrogen and oxygen atoms in total. The first-order valence-corrected chi connectivity index (χ1v) is 14.9. The van der Waals surface area contributed by atoms with Crippen molar-refractivity contribution in [3.63, 3.8) is 0 Å². The molecular formula is C26H29N3O4Si. The van der Waals surface area contributed by atoms with Crippen LogP contribution in [0.2, 0.25) is 25.7 Å². The quantitative estimate of drug-likeness (QED) is 0.200. The second kappa shape index (κ2) is 9.45. The number of nitrogens with zero attached hydrogens (tertiary/aromatic N) is 3. The van der Waals surface area contributed by atoms with Gasteiger partial charge < -0.3 is 14.2 Å². The fraction of sp³-hybridized carbons (Fsp3) is 0.346. The summed E-state index contributed by atoms with van der Waals surface area (Å²) in [7, 11) is 1.70. The Balaban J connectivity index is 1.77. The number of carbonyl (C=O) groups is 1. The number of fused-ring (bicyclic) bond motifs is 3. The third-order valence-electron chi connectivity index (χ3n) is 6.00. The Morgan fingerprint density at radius 2 is 1.91 bits per heavy atom. The first kappa shape index (κ1) is 23.7.